The largest absolute Gasteiger partial charge is 0.323 e. The Bertz CT molecular complexity index is 1180. The van der Waals surface area contributed by atoms with E-state index in [0.717, 1.165) is 47.0 Å². The number of fused-ring (bicyclic) bond motifs is 1. The van der Waals surface area contributed by atoms with E-state index in [2.05, 4.69) is 37.2 Å². The van der Waals surface area contributed by atoms with Crippen LogP contribution in [0.4, 0.5) is 5.69 Å². The third-order valence-corrected chi connectivity index (χ3v) is 6.08. The van der Waals surface area contributed by atoms with Gasteiger partial charge < -0.3 is 9.88 Å². The van der Waals surface area contributed by atoms with Crippen LogP contribution in [0.5, 0.6) is 0 Å². The molecule has 0 spiro atoms. The fourth-order valence-electron chi connectivity index (χ4n) is 3.49. The van der Waals surface area contributed by atoms with Crippen LogP contribution in [0.3, 0.4) is 0 Å². The Balaban J connectivity index is 1.30. The first-order valence-electron chi connectivity index (χ1n) is 10.0. The summed E-state index contributed by atoms with van der Waals surface area (Å²) in [5.41, 5.74) is 2.72. The lowest BCUT2D eigenvalue weighted by Crippen LogP contribution is -2.15. The molecule has 5 rings (SSSR count). The van der Waals surface area contributed by atoms with E-state index in [1.165, 1.54) is 17.3 Å². The standard InChI is InChI=1S/C23H21N5OS/c29-20(25-19-10-4-8-17-9-5-13-24-21(17)19)15-30-23-27-26-22(18-11-12-18)28(23)14-16-6-2-1-3-7-16/h1-10,13,18H,11-12,14-15H2,(H,25,29). The molecule has 0 bridgehead atoms. The topological polar surface area (TPSA) is 72.7 Å². The van der Waals surface area contributed by atoms with Gasteiger partial charge in [-0.25, -0.2) is 0 Å². The number of hydrogen-bond acceptors (Lipinski definition) is 5. The van der Waals surface area contributed by atoms with Crippen LogP contribution in [0.15, 0.2) is 72.0 Å². The highest BCUT2D eigenvalue weighted by Crippen LogP contribution is 2.40. The number of nitrogens with one attached hydrogen (secondary N) is 1. The fourth-order valence-corrected chi connectivity index (χ4v) is 4.23. The second-order valence-corrected chi connectivity index (χ2v) is 8.35. The Morgan fingerprint density at radius 1 is 1.03 bits per heavy atom. The SMILES string of the molecule is O=C(CSc1nnc(C2CC2)n1Cc1ccccc1)Nc1cccc2cccnc12. The van der Waals surface area contributed by atoms with E-state index in [0.29, 0.717) is 5.92 Å². The molecular formula is C23H21N5OS. The van der Waals surface area contributed by atoms with Gasteiger partial charge in [0.1, 0.15) is 5.82 Å². The van der Waals surface area contributed by atoms with E-state index >= 15 is 0 Å². The van der Waals surface area contributed by atoms with Crippen LogP contribution in [0, 0.1) is 0 Å². The number of para-hydroxylation sites is 1. The number of pyridine rings is 1. The summed E-state index contributed by atoms with van der Waals surface area (Å²) >= 11 is 1.42. The first-order chi connectivity index (χ1) is 14.8. The lowest BCUT2D eigenvalue weighted by atomic mass is 10.2. The van der Waals surface area contributed by atoms with E-state index in [4.69, 9.17) is 0 Å². The van der Waals surface area contributed by atoms with E-state index in [1.54, 1.807) is 6.20 Å². The molecule has 1 saturated carbocycles. The number of anilines is 1. The molecule has 4 aromatic rings. The summed E-state index contributed by atoms with van der Waals surface area (Å²) in [5, 5.41) is 13.6. The zero-order valence-corrected chi connectivity index (χ0v) is 17.2. The molecule has 2 aromatic carbocycles. The Morgan fingerprint density at radius 2 is 1.87 bits per heavy atom. The normalized spacial score (nSPS) is 13.5. The van der Waals surface area contributed by atoms with Gasteiger partial charge in [0.2, 0.25) is 5.91 Å². The molecule has 2 aromatic heterocycles. The molecule has 1 amide bonds. The minimum atomic E-state index is -0.0830. The molecule has 150 valence electrons. The monoisotopic (exact) mass is 415 g/mol. The summed E-state index contributed by atoms with van der Waals surface area (Å²) in [6.07, 6.45) is 4.05. The molecule has 7 heteroatoms. The van der Waals surface area contributed by atoms with Gasteiger partial charge >= 0.3 is 0 Å². The molecule has 1 aliphatic carbocycles. The molecule has 1 N–H and O–H groups in total. The van der Waals surface area contributed by atoms with Crippen molar-refractivity contribution in [3.8, 4) is 0 Å². The number of hydrogen-bond donors (Lipinski definition) is 1. The van der Waals surface area contributed by atoms with Crippen molar-refractivity contribution in [3.63, 3.8) is 0 Å². The number of carbonyl (C=O) groups excluding carboxylic acids is 1. The van der Waals surface area contributed by atoms with Crippen LogP contribution in [0.2, 0.25) is 0 Å². The summed E-state index contributed by atoms with van der Waals surface area (Å²) in [4.78, 5) is 17.0. The maximum absolute atomic E-state index is 12.6. The highest BCUT2D eigenvalue weighted by molar-refractivity contribution is 7.99. The van der Waals surface area contributed by atoms with Gasteiger partial charge in [0, 0.05) is 17.5 Å². The number of thioether (sulfide) groups is 1. The van der Waals surface area contributed by atoms with Crippen molar-refractivity contribution in [2.24, 2.45) is 0 Å². The maximum Gasteiger partial charge on any atom is 0.234 e. The van der Waals surface area contributed by atoms with Gasteiger partial charge in [0.15, 0.2) is 5.16 Å². The molecule has 1 fully saturated rings. The number of aromatic nitrogens is 4. The van der Waals surface area contributed by atoms with Gasteiger partial charge in [-0.15, -0.1) is 10.2 Å². The third-order valence-electron chi connectivity index (χ3n) is 5.11. The molecule has 6 nitrogen and oxygen atoms in total. The van der Waals surface area contributed by atoms with Gasteiger partial charge in [-0.3, -0.25) is 9.78 Å². The molecule has 0 radical (unpaired) electrons. The molecule has 0 aliphatic heterocycles. The van der Waals surface area contributed by atoms with Crippen molar-refractivity contribution in [1.29, 1.82) is 0 Å². The minimum absolute atomic E-state index is 0.0830. The van der Waals surface area contributed by atoms with E-state index in [-0.39, 0.29) is 11.7 Å². The number of rotatable bonds is 7. The average molecular weight is 416 g/mol. The molecule has 0 unspecified atom stereocenters. The smallest absolute Gasteiger partial charge is 0.234 e. The average Bonchev–Trinajstić information content (AvgIpc) is 3.55. The Labute approximate surface area is 178 Å². The summed E-state index contributed by atoms with van der Waals surface area (Å²) in [5.74, 6) is 1.70. The number of amides is 1. The second-order valence-electron chi connectivity index (χ2n) is 7.40. The number of benzene rings is 2. The predicted molar refractivity (Wildman–Crippen MR) is 119 cm³/mol. The van der Waals surface area contributed by atoms with Gasteiger partial charge in [0.25, 0.3) is 0 Å². The van der Waals surface area contributed by atoms with Crippen molar-refractivity contribution in [1.82, 2.24) is 19.7 Å². The van der Waals surface area contributed by atoms with Crippen LogP contribution in [-0.2, 0) is 11.3 Å². The lowest BCUT2D eigenvalue weighted by Gasteiger charge is -2.10. The van der Waals surface area contributed by atoms with Crippen molar-refractivity contribution in [2.75, 3.05) is 11.1 Å². The van der Waals surface area contributed by atoms with Gasteiger partial charge in [-0.2, -0.15) is 0 Å². The Morgan fingerprint density at radius 3 is 2.70 bits per heavy atom. The van der Waals surface area contributed by atoms with Gasteiger partial charge in [-0.1, -0.05) is 60.3 Å². The van der Waals surface area contributed by atoms with Crippen LogP contribution in [-0.4, -0.2) is 31.4 Å². The molecule has 1 aliphatic rings. The van der Waals surface area contributed by atoms with E-state index < -0.39 is 0 Å². The minimum Gasteiger partial charge on any atom is -0.323 e. The zero-order chi connectivity index (χ0) is 20.3. The molecule has 30 heavy (non-hydrogen) atoms. The highest BCUT2D eigenvalue weighted by Gasteiger charge is 2.30. The van der Waals surface area contributed by atoms with Gasteiger partial charge in [0.05, 0.1) is 23.5 Å². The molecular weight excluding hydrogens is 394 g/mol. The Hall–Kier alpha value is -3.19. The molecule has 0 saturated heterocycles. The molecule has 0 atom stereocenters. The highest BCUT2D eigenvalue weighted by atomic mass is 32.2. The van der Waals surface area contributed by atoms with Crippen molar-refractivity contribution in [2.45, 2.75) is 30.5 Å². The number of carbonyl (C=O) groups is 1. The van der Waals surface area contributed by atoms with Crippen molar-refractivity contribution in [3.05, 3.63) is 78.2 Å². The van der Waals surface area contributed by atoms with Crippen LogP contribution >= 0.6 is 11.8 Å². The lowest BCUT2D eigenvalue weighted by molar-refractivity contribution is -0.113. The van der Waals surface area contributed by atoms with E-state index in [9.17, 15) is 4.79 Å². The summed E-state index contributed by atoms with van der Waals surface area (Å²) in [7, 11) is 0. The first-order valence-corrected chi connectivity index (χ1v) is 11.0. The Kier molecular flexibility index (Phi) is 5.19. The summed E-state index contributed by atoms with van der Waals surface area (Å²) in [6, 6.07) is 19.9. The number of nitrogens with zero attached hydrogens (tertiary/aromatic N) is 4. The summed E-state index contributed by atoms with van der Waals surface area (Å²) in [6.45, 7) is 0.719. The second kappa shape index (κ2) is 8.28. The quantitative estimate of drug-likeness (QED) is 0.451. The maximum atomic E-state index is 12.6. The van der Waals surface area contributed by atoms with Crippen LogP contribution in [0.1, 0.15) is 30.1 Å². The summed E-state index contributed by atoms with van der Waals surface area (Å²) < 4.78 is 2.16. The van der Waals surface area contributed by atoms with Crippen LogP contribution in [0.25, 0.3) is 10.9 Å². The van der Waals surface area contributed by atoms with Crippen LogP contribution < -0.4 is 5.32 Å². The van der Waals surface area contributed by atoms with Crippen molar-refractivity contribution < 1.29 is 4.79 Å². The molecule has 2 heterocycles. The zero-order valence-electron chi connectivity index (χ0n) is 16.4. The van der Waals surface area contributed by atoms with E-state index in [1.807, 2.05) is 48.5 Å². The fraction of sp³-hybridized carbons (Fsp3) is 0.217. The van der Waals surface area contributed by atoms with Gasteiger partial charge in [-0.05, 0) is 30.5 Å². The third kappa shape index (κ3) is 4.07. The predicted octanol–water partition coefficient (Wildman–Crippen LogP) is 4.48. The first kappa shape index (κ1) is 18.8. The van der Waals surface area contributed by atoms with Crippen molar-refractivity contribution >= 4 is 34.3 Å².